The Hall–Kier alpha value is -5.01. The highest BCUT2D eigenvalue weighted by Gasteiger charge is 2.38. The van der Waals surface area contributed by atoms with Gasteiger partial charge in [0.15, 0.2) is 0 Å². The number of halogens is 4. The van der Waals surface area contributed by atoms with Crippen molar-refractivity contribution in [2.24, 2.45) is 0 Å². The van der Waals surface area contributed by atoms with Gasteiger partial charge in [-0.2, -0.15) is 13.2 Å². The van der Waals surface area contributed by atoms with Gasteiger partial charge in [0.25, 0.3) is 0 Å². The molecule has 2 aromatic carbocycles. The highest BCUT2D eigenvalue weighted by Crippen LogP contribution is 2.25. The fourth-order valence-corrected chi connectivity index (χ4v) is 3.62. The number of aliphatic carboxylic acids is 2. The molecular formula is C29H30F4N4O6. The van der Waals surface area contributed by atoms with Gasteiger partial charge in [0.2, 0.25) is 11.8 Å². The minimum Gasteiger partial charge on any atom is -0.481 e. The van der Waals surface area contributed by atoms with E-state index in [1.54, 1.807) is 36.5 Å². The van der Waals surface area contributed by atoms with Crippen LogP contribution < -0.4 is 16.0 Å². The standard InChI is InChI=1S/C27H29FN4O4.C2HF3O2/c1-18-11-13-30-24(14-18)29-12-3-6-25(33)31-17-26(34)32-23(16-27(35)36)21-5-2-4-20(15-21)19-7-9-22(28)10-8-19;3-2(4,5)1(6)7/h2,4-5,7-11,13-15,23H,3,6,12,16-17H2,1H3,(H,29,30)(H,31,33)(H,32,34)(H,35,36);(H,6,7). The van der Waals surface area contributed by atoms with Gasteiger partial charge in [0.05, 0.1) is 19.0 Å². The molecule has 5 N–H and O–H groups in total. The topological polar surface area (TPSA) is 158 Å². The van der Waals surface area contributed by atoms with E-state index in [9.17, 15) is 37.1 Å². The molecule has 0 spiro atoms. The van der Waals surface area contributed by atoms with Gasteiger partial charge in [-0.25, -0.2) is 14.2 Å². The second-order valence-corrected chi connectivity index (χ2v) is 9.18. The van der Waals surface area contributed by atoms with E-state index in [-0.39, 0.29) is 31.1 Å². The number of rotatable bonds is 12. The van der Waals surface area contributed by atoms with Crippen molar-refractivity contribution in [2.75, 3.05) is 18.4 Å². The van der Waals surface area contributed by atoms with Gasteiger partial charge in [0, 0.05) is 19.2 Å². The van der Waals surface area contributed by atoms with Crippen molar-refractivity contribution in [3.05, 3.63) is 83.8 Å². The summed E-state index contributed by atoms with van der Waals surface area (Å²) in [4.78, 5) is 49.1. The van der Waals surface area contributed by atoms with Crippen molar-refractivity contribution < 1.29 is 47.0 Å². The smallest absolute Gasteiger partial charge is 0.481 e. The number of aryl methyl sites for hydroxylation is 1. The summed E-state index contributed by atoms with van der Waals surface area (Å²) in [7, 11) is 0. The Morgan fingerprint density at radius 1 is 0.930 bits per heavy atom. The number of amides is 2. The first-order valence-corrected chi connectivity index (χ1v) is 12.8. The molecule has 230 valence electrons. The van der Waals surface area contributed by atoms with Crippen LogP contribution >= 0.6 is 0 Å². The van der Waals surface area contributed by atoms with Crippen LogP contribution in [0.3, 0.4) is 0 Å². The molecule has 0 saturated carbocycles. The Kier molecular flexibility index (Phi) is 13.1. The maximum atomic E-state index is 13.2. The second-order valence-electron chi connectivity index (χ2n) is 9.18. The summed E-state index contributed by atoms with van der Waals surface area (Å²) in [6, 6.07) is 16.0. The fraction of sp³-hybridized carbons (Fsp3) is 0.276. The molecule has 1 aromatic heterocycles. The number of aromatic nitrogens is 1. The third-order valence-corrected chi connectivity index (χ3v) is 5.67. The molecule has 2 amide bonds. The summed E-state index contributed by atoms with van der Waals surface area (Å²) in [6.45, 7) is 2.26. The molecule has 1 heterocycles. The number of nitrogens with one attached hydrogen (secondary N) is 3. The number of carbonyl (C=O) groups is 4. The molecule has 0 fully saturated rings. The molecule has 0 radical (unpaired) electrons. The van der Waals surface area contributed by atoms with Crippen LogP contribution in [0.1, 0.15) is 36.4 Å². The summed E-state index contributed by atoms with van der Waals surface area (Å²) in [5.41, 5.74) is 3.20. The van der Waals surface area contributed by atoms with Gasteiger partial charge >= 0.3 is 18.1 Å². The van der Waals surface area contributed by atoms with Crippen LogP contribution in [0.2, 0.25) is 0 Å². The first-order chi connectivity index (χ1) is 20.2. The van der Waals surface area contributed by atoms with Crippen LogP contribution in [-0.4, -0.2) is 58.2 Å². The number of nitrogens with zero attached hydrogens (tertiary/aromatic N) is 1. The van der Waals surface area contributed by atoms with Gasteiger partial charge in [0.1, 0.15) is 11.6 Å². The average Bonchev–Trinajstić information content (AvgIpc) is 2.94. The van der Waals surface area contributed by atoms with Gasteiger partial charge in [-0.1, -0.05) is 30.3 Å². The summed E-state index contributed by atoms with van der Waals surface area (Å²) in [5.74, 6) is -4.23. The molecule has 10 nitrogen and oxygen atoms in total. The van der Waals surface area contributed by atoms with Crippen molar-refractivity contribution in [1.82, 2.24) is 15.6 Å². The van der Waals surface area contributed by atoms with E-state index in [0.29, 0.717) is 18.5 Å². The number of carbonyl (C=O) groups excluding carboxylic acids is 2. The van der Waals surface area contributed by atoms with E-state index in [2.05, 4.69) is 20.9 Å². The number of hydrogen-bond acceptors (Lipinski definition) is 6. The summed E-state index contributed by atoms with van der Waals surface area (Å²) in [5, 5.41) is 24.9. The van der Waals surface area contributed by atoms with Gasteiger partial charge in [-0.05, 0) is 65.9 Å². The van der Waals surface area contributed by atoms with E-state index < -0.39 is 30.1 Å². The monoisotopic (exact) mass is 606 g/mol. The van der Waals surface area contributed by atoms with E-state index in [1.807, 2.05) is 25.1 Å². The molecule has 43 heavy (non-hydrogen) atoms. The van der Waals surface area contributed by atoms with E-state index >= 15 is 0 Å². The number of pyridine rings is 1. The van der Waals surface area contributed by atoms with Crippen molar-refractivity contribution in [2.45, 2.75) is 38.4 Å². The molecule has 3 aromatic rings. The predicted octanol–water partition coefficient (Wildman–Crippen LogP) is 4.47. The quantitative estimate of drug-likeness (QED) is 0.149. The van der Waals surface area contributed by atoms with Crippen molar-refractivity contribution >= 4 is 29.6 Å². The molecule has 1 atom stereocenters. The highest BCUT2D eigenvalue weighted by atomic mass is 19.4. The molecule has 14 heteroatoms. The first-order valence-electron chi connectivity index (χ1n) is 12.8. The molecule has 0 aliphatic carbocycles. The predicted molar refractivity (Wildman–Crippen MR) is 148 cm³/mol. The molecule has 0 saturated heterocycles. The van der Waals surface area contributed by atoms with Crippen LogP contribution in [0.25, 0.3) is 11.1 Å². The fourth-order valence-electron chi connectivity index (χ4n) is 3.62. The number of anilines is 1. The molecule has 0 bridgehead atoms. The number of hydrogen-bond donors (Lipinski definition) is 5. The molecule has 0 aliphatic heterocycles. The largest absolute Gasteiger partial charge is 0.490 e. The summed E-state index contributed by atoms with van der Waals surface area (Å²) < 4.78 is 45.0. The van der Waals surface area contributed by atoms with Crippen molar-refractivity contribution in [3.63, 3.8) is 0 Å². The number of alkyl halides is 3. The average molecular weight is 607 g/mol. The minimum absolute atomic E-state index is 0.227. The van der Waals surface area contributed by atoms with Crippen molar-refractivity contribution in [3.8, 4) is 11.1 Å². The lowest BCUT2D eigenvalue weighted by atomic mass is 9.97. The molecule has 1 unspecified atom stereocenters. The SMILES string of the molecule is Cc1ccnc(NCCCC(=O)NCC(=O)NC(CC(=O)O)c2cccc(-c3ccc(F)cc3)c2)c1.O=C(O)C(F)(F)F. The Morgan fingerprint density at radius 2 is 1.60 bits per heavy atom. The third kappa shape index (κ3) is 13.0. The molecule has 0 aliphatic rings. The van der Waals surface area contributed by atoms with Crippen LogP contribution in [0.5, 0.6) is 0 Å². The Balaban J connectivity index is 0.000000821. The molecular weight excluding hydrogens is 576 g/mol. The lowest BCUT2D eigenvalue weighted by molar-refractivity contribution is -0.192. The van der Waals surface area contributed by atoms with Gasteiger partial charge < -0.3 is 26.2 Å². The Bertz CT molecular complexity index is 1400. The van der Waals surface area contributed by atoms with E-state index in [1.165, 1.54) is 12.1 Å². The van der Waals surface area contributed by atoms with Crippen LogP contribution in [0.4, 0.5) is 23.4 Å². The number of carboxylic acids is 2. The zero-order chi connectivity index (χ0) is 32.0. The van der Waals surface area contributed by atoms with E-state index in [0.717, 1.165) is 22.5 Å². The maximum absolute atomic E-state index is 13.2. The second kappa shape index (κ2) is 16.4. The Labute approximate surface area is 244 Å². The summed E-state index contributed by atoms with van der Waals surface area (Å²) >= 11 is 0. The van der Waals surface area contributed by atoms with E-state index in [4.69, 9.17) is 9.90 Å². The Morgan fingerprint density at radius 3 is 2.21 bits per heavy atom. The zero-order valence-corrected chi connectivity index (χ0v) is 23.0. The first kappa shape index (κ1) is 34.2. The highest BCUT2D eigenvalue weighted by molar-refractivity contribution is 5.85. The maximum Gasteiger partial charge on any atom is 0.490 e. The lowest BCUT2D eigenvalue weighted by Gasteiger charge is -2.19. The minimum atomic E-state index is -5.08. The normalized spacial score (nSPS) is 11.4. The van der Waals surface area contributed by atoms with Crippen molar-refractivity contribution in [1.29, 1.82) is 0 Å². The van der Waals surface area contributed by atoms with Crippen LogP contribution in [0.15, 0.2) is 66.9 Å². The van der Waals surface area contributed by atoms with Gasteiger partial charge in [-0.15, -0.1) is 0 Å². The van der Waals surface area contributed by atoms with Crippen LogP contribution in [0, 0.1) is 12.7 Å². The lowest BCUT2D eigenvalue weighted by Crippen LogP contribution is -2.39. The number of benzene rings is 2. The van der Waals surface area contributed by atoms with Crippen LogP contribution in [-0.2, 0) is 19.2 Å². The zero-order valence-electron chi connectivity index (χ0n) is 23.0. The molecule has 3 rings (SSSR count). The summed E-state index contributed by atoms with van der Waals surface area (Å²) in [6.07, 6.45) is -2.92. The third-order valence-electron chi connectivity index (χ3n) is 5.67. The number of carboxylic acid groups (broad SMARTS) is 2. The van der Waals surface area contributed by atoms with Gasteiger partial charge in [-0.3, -0.25) is 14.4 Å².